The van der Waals surface area contributed by atoms with Gasteiger partial charge in [0, 0.05) is 31.6 Å². The highest BCUT2D eigenvalue weighted by Crippen LogP contribution is 2.31. The molecule has 0 radical (unpaired) electrons. The normalized spacial score (nSPS) is 13.0. The van der Waals surface area contributed by atoms with E-state index in [4.69, 9.17) is 9.47 Å². The number of sulfone groups is 1. The number of rotatable bonds is 7. The fourth-order valence-electron chi connectivity index (χ4n) is 3.36. The summed E-state index contributed by atoms with van der Waals surface area (Å²) in [6, 6.07) is 9.66. The van der Waals surface area contributed by atoms with Gasteiger partial charge in [0.1, 0.15) is 11.5 Å². The molecule has 2 amide bonds. The predicted molar refractivity (Wildman–Crippen MR) is 113 cm³/mol. The number of benzene rings is 2. The second-order valence-electron chi connectivity index (χ2n) is 6.89. The van der Waals surface area contributed by atoms with Crippen molar-refractivity contribution in [2.45, 2.75) is 24.7 Å². The number of hydrogen-bond donors (Lipinski definition) is 1. The van der Waals surface area contributed by atoms with E-state index in [0.717, 1.165) is 11.3 Å². The van der Waals surface area contributed by atoms with Gasteiger partial charge < -0.3 is 19.7 Å². The summed E-state index contributed by atoms with van der Waals surface area (Å²) in [6.45, 7) is 2.02. The monoisotopic (exact) mass is 432 g/mol. The molecule has 0 unspecified atom stereocenters. The SMILES string of the molecule is COc1ccc(NC(=O)CCS(=O)(=O)c2ccc3c(c2)CCN3C(C)=O)c(OC)c1. The van der Waals surface area contributed by atoms with Crippen LogP contribution in [0.3, 0.4) is 0 Å². The number of fused-ring (bicyclic) bond motifs is 1. The summed E-state index contributed by atoms with van der Waals surface area (Å²) in [4.78, 5) is 25.7. The molecule has 8 nitrogen and oxygen atoms in total. The molecule has 0 atom stereocenters. The molecular weight excluding hydrogens is 408 g/mol. The molecule has 1 aliphatic heterocycles. The van der Waals surface area contributed by atoms with Gasteiger partial charge in [-0.15, -0.1) is 0 Å². The average Bonchev–Trinajstić information content (AvgIpc) is 3.16. The maximum atomic E-state index is 12.7. The van der Waals surface area contributed by atoms with Gasteiger partial charge in [0.15, 0.2) is 9.84 Å². The van der Waals surface area contributed by atoms with Crippen molar-refractivity contribution in [3.8, 4) is 11.5 Å². The third kappa shape index (κ3) is 4.56. The highest BCUT2D eigenvalue weighted by molar-refractivity contribution is 7.91. The Morgan fingerprint density at radius 1 is 1.10 bits per heavy atom. The molecule has 2 aromatic carbocycles. The molecule has 0 spiro atoms. The molecule has 1 heterocycles. The number of carbonyl (C=O) groups excluding carboxylic acids is 2. The molecule has 0 bridgehead atoms. The van der Waals surface area contributed by atoms with E-state index in [2.05, 4.69) is 5.32 Å². The third-order valence-corrected chi connectivity index (χ3v) is 6.68. The van der Waals surface area contributed by atoms with Crippen molar-refractivity contribution in [1.29, 1.82) is 0 Å². The Labute approximate surface area is 175 Å². The van der Waals surface area contributed by atoms with E-state index in [1.807, 2.05) is 0 Å². The Bertz CT molecular complexity index is 1080. The number of nitrogens with zero attached hydrogens (tertiary/aromatic N) is 1. The lowest BCUT2D eigenvalue weighted by Crippen LogP contribution is -2.25. The Balaban J connectivity index is 1.67. The molecule has 0 saturated carbocycles. The lowest BCUT2D eigenvalue weighted by Gasteiger charge is -2.15. The first kappa shape index (κ1) is 21.6. The first-order chi connectivity index (χ1) is 14.2. The van der Waals surface area contributed by atoms with Crippen LogP contribution in [-0.4, -0.2) is 46.7 Å². The summed E-state index contributed by atoms with van der Waals surface area (Å²) in [5.74, 6) is 0.152. The van der Waals surface area contributed by atoms with Gasteiger partial charge in [-0.3, -0.25) is 9.59 Å². The summed E-state index contributed by atoms with van der Waals surface area (Å²) in [5.41, 5.74) is 1.99. The van der Waals surface area contributed by atoms with Gasteiger partial charge in [-0.2, -0.15) is 0 Å². The molecule has 0 saturated heterocycles. The minimum Gasteiger partial charge on any atom is -0.497 e. The van der Waals surface area contributed by atoms with Crippen LogP contribution < -0.4 is 19.7 Å². The molecule has 30 heavy (non-hydrogen) atoms. The van der Waals surface area contributed by atoms with E-state index in [-0.39, 0.29) is 23.0 Å². The zero-order valence-electron chi connectivity index (χ0n) is 17.1. The van der Waals surface area contributed by atoms with Crippen LogP contribution in [0.2, 0.25) is 0 Å². The molecule has 9 heteroatoms. The smallest absolute Gasteiger partial charge is 0.225 e. The lowest BCUT2D eigenvalue weighted by atomic mass is 10.2. The number of methoxy groups -OCH3 is 2. The van der Waals surface area contributed by atoms with Crippen molar-refractivity contribution in [3.05, 3.63) is 42.0 Å². The standard InChI is InChI=1S/C21H24N2O6S/c1-14(24)23-10-8-15-12-17(5-7-19(15)23)30(26,27)11-9-21(25)22-18-6-4-16(28-2)13-20(18)29-3/h4-7,12-13H,8-11H2,1-3H3,(H,22,25). The van der Waals surface area contributed by atoms with Gasteiger partial charge in [-0.25, -0.2) is 8.42 Å². The summed E-state index contributed by atoms with van der Waals surface area (Å²) < 4.78 is 35.8. The maximum Gasteiger partial charge on any atom is 0.225 e. The van der Waals surface area contributed by atoms with Gasteiger partial charge in [0.2, 0.25) is 11.8 Å². The number of carbonyl (C=O) groups is 2. The zero-order valence-corrected chi connectivity index (χ0v) is 17.9. The summed E-state index contributed by atoms with van der Waals surface area (Å²) in [5, 5.41) is 2.67. The maximum absolute atomic E-state index is 12.7. The number of anilines is 2. The molecule has 3 rings (SSSR count). The Hall–Kier alpha value is -3.07. The Morgan fingerprint density at radius 2 is 1.87 bits per heavy atom. The summed E-state index contributed by atoms with van der Waals surface area (Å²) in [6.07, 6.45) is 0.407. The number of nitrogens with one attached hydrogen (secondary N) is 1. The van der Waals surface area contributed by atoms with E-state index >= 15 is 0 Å². The molecule has 1 N–H and O–H groups in total. The van der Waals surface area contributed by atoms with Crippen LogP contribution in [0, 0.1) is 0 Å². The van der Waals surface area contributed by atoms with Crippen molar-refractivity contribution in [2.24, 2.45) is 0 Å². The van der Waals surface area contributed by atoms with E-state index in [9.17, 15) is 18.0 Å². The zero-order chi connectivity index (χ0) is 21.9. The summed E-state index contributed by atoms with van der Waals surface area (Å²) >= 11 is 0. The number of hydrogen-bond acceptors (Lipinski definition) is 6. The first-order valence-electron chi connectivity index (χ1n) is 9.41. The largest absolute Gasteiger partial charge is 0.497 e. The van der Waals surface area contributed by atoms with E-state index < -0.39 is 15.7 Å². The van der Waals surface area contributed by atoms with Crippen LogP contribution in [0.25, 0.3) is 0 Å². The van der Waals surface area contributed by atoms with Crippen LogP contribution in [0.15, 0.2) is 41.3 Å². The minimum atomic E-state index is -3.65. The summed E-state index contributed by atoms with van der Waals surface area (Å²) in [7, 11) is -0.658. The number of amides is 2. The second kappa shape index (κ2) is 8.74. The minimum absolute atomic E-state index is 0.0741. The lowest BCUT2D eigenvalue weighted by molar-refractivity contribution is -0.117. The van der Waals surface area contributed by atoms with Gasteiger partial charge in [0.25, 0.3) is 0 Å². The molecule has 0 fully saturated rings. The Kier molecular flexibility index (Phi) is 6.31. The van der Waals surface area contributed by atoms with Crippen LogP contribution in [0.4, 0.5) is 11.4 Å². The Morgan fingerprint density at radius 3 is 2.53 bits per heavy atom. The predicted octanol–water partition coefficient (Wildman–Crippen LogP) is 2.42. The van der Waals surface area contributed by atoms with Gasteiger partial charge in [-0.05, 0) is 42.3 Å². The first-order valence-corrected chi connectivity index (χ1v) is 11.1. The van der Waals surface area contributed by atoms with Crippen LogP contribution in [0.5, 0.6) is 11.5 Å². The van der Waals surface area contributed by atoms with Crippen molar-refractivity contribution >= 4 is 33.0 Å². The fraction of sp³-hybridized carbons (Fsp3) is 0.333. The van der Waals surface area contributed by atoms with Crippen LogP contribution in [-0.2, 0) is 25.8 Å². The van der Waals surface area contributed by atoms with Crippen LogP contribution >= 0.6 is 0 Å². The highest BCUT2D eigenvalue weighted by Gasteiger charge is 2.25. The molecule has 2 aromatic rings. The number of ether oxygens (including phenoxy) is 2. The molecule has 0 aliphatic carbocycles. The third-order valence-electron chi connectivity index (χ3n) is 4.97. The second-order valence-corrected chi connectivity index (χ2v) is 9.00. The quantitative estimate of drug-likeness (QED) is 0.721. The molecule has 1 aliphatic rings. The van der Waals surface area contributed by atoms with E-state index in [1.54, 1.807) is 35.2 Å². The van der Waals surface area contributed by atoms with Crippen molar-refractivity contribution in [2.75, 3.05) is 36.7 Å². The average molecular weight is 432 g/mol. The fourth-order valence-corrected chi connectivity index (χ4v) is 4.65. The molecule has 0 aromatic heterocycles. The van der Waals surface area contributed by atoms with Crippen molar-refractivity contribution in [1.82, 2.24) is 0 Å². The van der Waals surface area contributed by atoms with E-state index in [1.165, 1.54) is 27.2 Å². The van der Waals surface area contributed by atoms with Gasteiger partial charge in [0.05, 0.1) is 30.6 Å². The van der Waals surface area contributed by atoms with E-state index in [0.29, 0.717) is 30.2 Å². The topological polar surface area (TPSA) is 102 Å². The van der Waals surface area contributed by atoms with Gasteiger partial charge >= 0.3 is 0 Å². The highest BCUT2D eigenvalue weighted by atomic mass is 32.2. The molecular formula is C21H24N2O6S. The molecule has 160 valence electrons. The van der Waals surface area contributed by atoms with Crippen LogP contribution in [0.1, 0.15) is 18.9 Å². The van der Waals surface area contributed by atoms with Crippen molar-refractivity contribution < 1.29 is 27.5 Å². The van der Waals surface area contributed by atoms with Crippen molar-refractivity contribution in [3.63, 3.8) is 0 Å². The van der Waals surface area contributed by atoms with Gasteiger partial charge in [-0.1, -0.05) is 0 Å².